The minimum Gasteiger partial charge on any atom is -0.370 e. The van der Waals surface area contributed by atoms with E-state index in [-0.39, 0.29) is 0 Å². The number of nitrogens with zero attached hydrogens (tertiary/aromatic N) is 2. The van der Waals surface area contributed by atoms with Crippen LogP contribution in [-0.4, -0.2) is 16.5 Å². The van der Waals surface area contributed by atoms with Gasteiger partial charge in [0.2, 0.25) is 0 Å². The highest BCUT2D eigenvalue weighted by atomic mass is 19.4. The van der Waals surface area contributed by atoms with Crippen molar-refractivity contribution in [2.24, 2.45) is 0 Å². The van der Waals surface area contributed by atoms with Crippen LogP contribution < -0.4 is 5.32 Å². The first-order chi connectivity index (χ1) is 9.50. The molecule has 1 N–H and O–H groups in total. The van der Waals surface area contributed by atoms with Crippen LogP contribution in [0.2, 0.25) is 0 Å². The highest BCUT2D eigenvalue weighted by Gasteiger charge is 2.29. The lowest BCUT2D eigenvalue weighted by molar-refractivity contribution is -0.137. The van der Waals surface area contributed by atoms with Gasteiger partial charge in [-0.1, -0.05) is 19.1 Å². The van der Waals surface area contributed by atoms with Crippen LogP contribution in [0.15, 0.2) is 36.7 Å². The van der Waals surface area contributed by atoms with Gasteiger partial charge < -0.3 is 5.32 Å². The Morgan fingerprint density at radius 1 is 1.10 bits per heavy atom. The predicted molar refractivity (Wildman–Crippen MR) is 71.3 cm³/mol. The Kier molecular flexibility index (Phi) is 4.22. The maximum absolute atomic E-state index is 12.5. The van der Waals surface area contributed by atoms with E-state index in [1.54, 1.807) is 6.07 Å². The fourth-order valence-electron chi connectivity index (χ4n) is 1.69. The third kappa shape index (κ3) is 3.46. The van der Waals surface area contributed by atoms with Crippen LogP contribution in [0, 0.1) is 0 Å². The number of anilines is 1. The Morgan fingerprint density at radius 3 is 2.40 bits per heavy atom. The number of hydrogen-bond acceptors (Lipinski definition) is 3. The average Bonchev–Trinajstić information content (AvgIpc) is 2.45. The minimum atomic E-state index is -4.32. The Hall–Kier alpha value is -2.11. The van der Waals surface area contributed by atoms with Gasteiger partial charge in [0.05, 0.1) is 11.3 Å². The number of hydrogen-bond donors (Lipinski definition) is 1. The Balaban J connectivity index is 2.23. The molecule has 2 aromatic rings. The molecule has 0 fully saturated rings. The first-order valence-corrected chi connectivity index (χ1v) is 6.24. The highest BCUT2D eigenvalue weighted by Crippen LogP contribution is 2.30. The zero-order valence-electron chi connectivity index (χ0n) is 10.9. The van der Waals surface area contributed by atoms with Crippen LogP contribution in [-0.2, 0) is 6.18 Å². The Bertz CT molecular complexity index is 565. The molecule has 0 atom stereocenters. The van der Waals surface area contributed by atoms with Crippen molar-refractivity contribution >= 4 is 5.82 Å². The quantitative estimate of drug-likeness (QED) is 0.921. The van der Waals surface area contributed by atoms with Gasteiger partial charge in [0.25, 0.3) is 0 Å². The summed E-state index contributed by atoms with van der Waals surface area (Å²) < 4.78 is 37.5. The Labute approximate surface area is 114 Å². The molecule has 0 saturated heterocycles. The van der Waals surface area contributed by atoms with E-state index < -0.39 is 11.7 Å². The standard InChI is InChI=1S/C14H14F3N3/c1-2-7-18-13-8-12(19-9-20-13)10-3-5-11(6-4-10)14(15,16)17/h3-6,8-9H,2,7H2,1H3,(H,18,19,20). The molecule has 0 bridgehead atoms. The van der Waals surface area contributed by atoms with Crippen molar-refractivity contribution in [3.05, 3.63) is 42.2 Å². The van der Waals surface area contributed by atoms with Gasteiger partial charge in [-0.3, -0.25) is 0 Å². The number of alkyl halides is 3. The minimum absolute atomic E-state index is 0.590. The monoisotopic (exact) mass is 281 g/mol. The van der Waals surface area contributed by atoms with E-state index in [1.807, 2.05) is 6.92 Å². The van der Waals surface area contributed by atoms with Crippen LogP contribution in [0.5, 0.6) is 0 Å². The molecule has 0 aliphatic carbocycles. The molecule has 1 aromatic carbocycles. The average molecular weight is 281 g/mol. The van der Waals surface area contributed by atoms with Gasteiger partial charge in [0.1, 0.15) is 12.1 Å². The van der Waals surface area contributed by atoms with Gasteiger partial charge in [0, 0.05) is 18.2 Å². The molecule has 20 heavy (non-hydrogen) atoms. The second-order valence-electron chi connectivity index (χ2n) is 4.29. The summed E-state index contributed by atoms with van der Waals surface area (Å²) in [6, 6.07) is 6.65. The topological polar surface area (TPSA) is 37.8 Å². The van der Waals surface area contributed by atoms with Gasteiger partial charge in [-0.25, -0.2) is 9.97 Å². The molecule has 6 heteroatoms. The molecule has 0 radical (unpaired) electrons. The third-order valence-corrected chi connectivity index (χ3v) is 2.73. The van der Waals surface area contributed by atoms with Gasteiger partial charge >= 0.3 is 6.18 Å². The summed E-state index contributed by atoms with van der Waals surface area (Å²) in [5.74, 6) is 0.664. The van der Waals surface area contributed by atoms with Crippen LogP contribution in [0.4, 0.5) is 19.0 Å². The Morgan fingerprint density at radius 2 is 1.80 bits per heavy atom. The number of benzene rings is 1. The molecular weight excluding hydrogens is 267 g/mol. The van der Waals surface area contributed by atoms with Gasteiger partial charge in [-0.05, 0) is 18.6 Å². The molecular formula is C14H14F3N3. The molecule has 106 valence electrons. The van der Waals surface area contributed by atoms with Crippen LogP contribution >= 0.6 is 0 Å². The smallest absolute Gasteiger partial charge is 0.370 e. The second-order valence-corrected chi connectivity index (χ2v) is 4.29. The molecule has 1 heterocycles. The lowest BCUT2D eigenvalue weighted by atomic mass is 10.1. The lowest BCUT2D eigenvalue weighted by Crippen LogP contribution is -2.04. The third-order valence-electron chi connectivity index (χ3n) is 2.73. The zero-order valence-corrected chi connectivity index (χ0v) is 10.9. The van der Waals surface area contributed by atoms with Gasteiger partial charge in [-0.2, -0.15) is 13.2 Å². The maximum Gasteiger partial charge on any atom is 0.416 e. The van der Waals surface area contributed by atoms with Crippen molar-refractivity contribution in [3.63, 3.8) is 0 Å². The fraction of sp³-hybridized carbons (Fsp3) is 0.286. The first-order valence-electron chi connectivity index (χ1n) is 6.24. The van der Waals surface area contributed by atoms with Gasteiger partial charge in [0.15, 0.2) is 0 Å². The number of halogens is 3. The molecule has 0 spiro atoms. The summed E-state index contributed by atoms with van der Waals surface area (Å²) in [6.07, 6.45) is -1.97. The van der Waals surface area contributed by atoms with Crippen LogP contribution in [0.3, 0.4) is 0 Å². The van der Waals surface area contributed by atoms with Crippen molar-refractivity contribution in [1.29, 1.82) is 0 Å². The number of nitrogens with one attached hydrogen (secondary N) is 1. The van der Waals surface area contributed by atoms with Crippen molar-refractivity contribution in [3.8, 4) is 11.3 Å². The predicted octanol–water partition coefficient (Wildman–Crippen LogP) is 3.98. The lowest BCUT2D eigenvalue weighted by Gasteiger charge is -2.08. The van der Waals surface area contributed by atoms with Crippen molar-refractivity contribution in [1.82, 2.24) is 9.97 Å². The van der Waals surface area contributed by atoms with E-state index in [2.05, 4.69) is 15.3 Å². The van der Waals surface area contributed by atoms with Crippen LogP contribution in [0.1, 0.15) is 18.9 Å². The van der Waals surface area contributed by atoms with Crippen molar-refractivity contribution < 1.29 is 13.2 Å². The first kappa shape index (κ1) is 14.3. The van der Waals surface area contributed by atoms with Gasteiger partial charge in [-0.15, -0.1) is 0 Å². The molecule has 0 amide bonds. The summed E-state index contributed by atoms with van der Waals surface area (Å²) in [5.41, 5.74) is 0.548. The number of aromatic nitrogens is 2. The molecule has 0 saturated carbocycles. The fourth-order valence-corrected chi connectivity index (χ4v) is 1.69. The summed E-state index contributed by atoms with van der Waals surface area (Å²) in [7, 11) is 0. The molecule has 0 unspecified atom stereocenters. The van der Waals surface area contributed by atoms with E-state index in [0.29, 0.717) is 17.1 Å². The van der Waals surface area contributed by atoms with E-state index in [1.165, 1.54) is 18.5 Å². The van der Waals surface area contributed by atoms with E-state index in [0.717, 1.165) is 25.1 Å². The van der Waals surface area contributed by atoms with Crippen molar-refractivity contribution in [2.75, 3.05) is 11.9 Å². The van der Waals surface area contributed by atoms with E-state index in [9.17, 15) is 13.2 Å². The molecule has 1 aromatic heterocycles. The maximum atomic E-state index is 12.5. The van der Waals surface area contributed by atoms with Crippen molar-refractivity contribution in [2.45, 2.75) is 19.5 Å². The SMILES string of the molecule is CCCNc1cc(-c2ccc(C(F)(F)F)cc2)ncn1. The zero-order chi connectivity index (χ0) is 14.6. The normalized spacial score (nSPS) is 11.4. The second kappa shape index (κ2) is 5.90. The molecule has 0 aliphatic rings. The van der Waals surface area contributed by atoms with Crippen LogP contribution in [0.25, 0.3) is 11.3 Å². The number of rotatable bonds is 4. The molecule has 0 aliphatic heterocycles. The van der Waals surface area contributed by atoms with E-state index in [4.69, 9.17) is 0 Å². The summed E-state index contributed by atoms with van der Waals surface area (Å²) in [6.45, 7) is 2.81. The summed E-state index contributed by atoms with van der Waals surface area (Å²) >= 11 is 0. The largest absolute Gasteiger partial charge is 0.416 e. The van der Waals surface area contributed by atoms with E-state index >= 15 is 0 Å². The summed E-state index contributed by atoms with van der Waals surface area (Å²) in [5, 5.41) is 3.11. The molecule has 3 nitrogen and oxygen atoms in total. The highest BCUT2D eigenvalue weighted by molar-refractivity contribution is 5.62. The molecule has 2 rings (SSSR count). The summed E-state index contributed by atoms with van der Waals surface area (Å²) in [4.78, 5) is 8.13.